The Hall–Kier alpha value is -2.78. The SMILES string of the molecule is CCCN1CC=C[C@@H]2S[C@]34C=CCN(c5ccc(OC)cc5)C(=O)C3N([C@@H](CO)C(C)C)C(=O)[C@@H]4[C@@H]2C1=O. The van der Waals surface area contributed by atoms with E-state index in [0.717, 1.165) is 6.42 Å². The monoisotopic (exact) mass is 539 g/mol. The van der Waals surface area contributed by atoms with Crippen molar-refractivity contribution in [2.75, 3.05) is 38.3 Å². The Morgan fingerprint density at radius 3 is 2.45 bits per heavy atom. The first-order chi connectivity index (χ1) is 18.3. The van der Waals surface area contributed by atoms with E-state index in [9.17, 15) is 19.5 Å². The van der Waals surface area contributed by atoms with Crippen LogP contribution in [0.3, 0.4) is 0 Å². The number of hydrogen-bond donors (Lipinski definition) is 1. The van der Waals surface area contributed by atoms with Gasteiger partial charge in [0.2, 0.25) is 11.8 Å². The van der Waals surface area contributed by atoms with Crippen molar-refractivity contribution in [3.63, 3.8) is 0 Å². The van der Waals surface area contributed by atoms with E-state index in [-0.39, 0.29) is 35.5 Å². The van der Waals surface area contributed by atoms with Crippen LogP contribution >= 0.6 is 11.8 Å². The molecular weight excluding hydrogens is 502 g/mol. The number of nitrogens with zero attached hydrogens (tertiary/aromatic N) is 3. The van der Waals surface area contributed by atoms with E-state index < -0.39 is 28.7 Å². The first kappa shape index (κ1) is 26.8. The normalized spacial score (nSPS) is 31.3. The highest BCUT2D eigenvalue weighted by Crippen LogP contribution is 2.61. The molecule has 0 saturated carbocycles. The van der Waals surface area contributed by atoms with Crippen LogP contribution < -0.4 is 9.64 Å². The summed E-state index contributed by atoms with van der Waals surface area (Å²) in [5, 5.41) is 10.2. The van der Waals surface area contributed by atoms with Crippen LogP contribution in [0.1, 0.15) is 27.2 Å². The first-order valence-corrected chi connectivity index (χ1v) is 14.4. The van der Waals surface area contributed by atoms with Crippen molar-refractivity contribution in [1.29, 1.82) is 0 Å². The molecule has 0 radical (unpaired) electrons. The van der Waals surface area contributed by atoms with Gasteiger partial charge in [-0.15, -0.1) is 11.8 Å². The van der Waals surface area contributed by atoms with Crippen molar-refractivity contribution in [3.8, 4) is 5.75 Å². The van der Waals surface area contributed by atoms with Crippen molar-refractivity contribution in [2.24, 2.45) is 17.8 Å². The zero-order valence-electron chi connectivity index (χ0n) is 22.4. The number of thioether (sulfide) groups is 1. The number of carbonyl (C=O) groups is 3. The third-order valence-corrected chi connectivity index (χ3v) is 10.1. The molecule has 38 heavy (non-hydrogen) atoms. The molecule has 3 amide bonds. The fourth-order valence-corrected chi connectivity index (χ4v) is 8.56. The van der Waals surface area contributed by atoms with E-state index in [1.54, 1.807) is 28.7 Å². The van der Waals surface area contributed by atoms with Gasteiger partial charge in [0.15, 0.2) is 0 Å². The average Bonchev–Trinajstić information content (AvgIpc) is 3.22. The number of anilines is 1. The number of aliphatic hydroxyl groups excluding tert-OH is 1. The minimum Gasteiger partial charge on any atom is -0.497 e. The van der Waals surface area contributed by atoms with Gasteiger partial charge in [-0.25, -0.2) is 0 Å². The topological polar surface area (TPSA) is 90.4 Å². The molecule has 4 heterocycles. The Balaban J connectivity index is 1.63. The molecule has 0 bridgehead atoms. The lowest BCUT2D eigenvalue weighted by Crippen LogP contribution is -2.57. The molecular formula is C29H37N3O5S. The Kier molecular flexibility index (Phi) is 7.35. The highest BCUT2D eigenvalue weighted by atomic mass is 32.2. The molecule has 4 aliphatic rings. The van der Waals surface area contributed by atoms with Crippen LogP contribution in [-0.4, -0.2) is 88.1 Å². The smallest absolute Gasteiger partial charge is 0.251 e. The van der Waals surface area contributed by atoms with Gasteiger partial charge in [-0.3, -0.25) is 14.4 Å². The summed E-state index contributed by atoms with van der Waals surface area (Å²) in [6.45, 7) is 7.20. The van der Waals surface area contributed by atoms with Crippen LogP contribution in [0, 0.1) is 17.8 Å². The molecule has 1 spiro atoms. The van der Waals surface area contributed by atoms with Gasteiger partial charge in [0.1, 0.15) is 11.8 Å². The summed E-state index contributed by atoms with van der Waals surface area (Å²) in [5.74, 6) is -1.04. The fraction of sp³-hybridized carbons (Fsp3) is 0.552. The van der Waals surface area contributed by atoms with Crippen LogP contribution in [0.5, 0.6) is 5.75 Å². The summed E-state index contributed by atoms with van der Waals surface area (Å²) in [4.78, 5) is 47.9. The van der Waals surface area contributed by atoms with Crippen LogP contribution in [0.25, 0.3) is 0 Å². The Bertz CT molecular complexity index is 1150. The second-order valence-corrected chi connectivity index (χ2v) is 12.3. The molecule has 1 N–H and O–H groups in total. The third-order valence-electron chi connectivity index (χ3n) is 8.37. The Morgan fingerprint density at radius 2 is 1.82 bits per heavy atom. The number of carbonyl (C=O) groups excluding carboxylic acids is 3. The Labute approximate surface area is 228 Å². The van der Waals surface area contributed by atoms with Crippen LogP contribution in [0.2, 0.25) is 0 Å². The predicted octanol–water partition coefficient (Wildman–Crippen LogP) is 2.72. The van der Waals surface area contributed by atoms with Gasteiger partial charge in [-0.2, -0.15) is 0 Å². The quantitative estimate of drug-likeness (QED) is 0.536. The molecule has 204 valence electrons. The van der Waals surface area contributed by atoms with E-state index in [0.29, 0.717) is 31.1 Å². The molecule has 5 rings (SSSR count). The predicted molar refractivity (Wildman–Crippen MR) is 148 cm³/mol. The first-order valence-electron chi connectivity index (χ1n) is 13.5. The summed E-state index contributed by atoms with van der Waals surface area (Å²) in [5.41, 5.74) is 0.709. The van der Waals surface area contributed by atoms with Crippen molar-refractivity contribution in [3.05, 3.63) is 48.6 Å². The highest BCUT2D eigenvalue weighted by molar-refractivity contribution is 8.02. The minimum absolute atomic E-state index is 0.0209. The molecule has 0 aromatic heterocycles. The molecule has 9 heteroatoms. The van der Waals surface area contributed by atoms with E-state index in [1.165, 1.54) is 0 Å². The molecule has 2 saturated heterocycles. The number of methoxy groups -OCH3 is 1. The summed E-state index contributed by atoms with van der Waals surface area (Å²) in [7, 11) is 1.60. The van der Waals surface area contributed by atoms with Gasteiger partial charge in [0.25, 0.3) is 5.91 Å². The number of aliphatic hydroxyl groups is 1. The standard InChI is InChI=1S/C29H37N3O5S/c1-5-14-30-15-6-8-22-23(26(30)34)24-27(35)32(21(17-33)18(2)3)25-28(36)31(16-7-13-29(24,25)38-22)19-9-11-20(37-4)12-10-19/h6-13,18,21-25,33H,5,14-17H2,1-4H3/t21-,22-,23+,24-,25?,29-/m0/s1. The van der Waals surface area contributed by atoms with Gasteiger partial charge in [-0.05, 0) is 36.6 Å². The lowest BCUT2D eigenvalue weighted by molar-refractivity contribution is -0.145. The number of fused-ring (bicyclic) bond motifs is 2. The van der Waals surface area contributed by atoms with Gasteiger partial charge < -0.3 is 24.5 Å². The second-order valence-electron chi connectivity index (χ2n) is 10.8. The van der Waals surface area contributed by atoms with E-state index in [2.05, 4.69) is 6.08 Å². The van der Waals surface area contributed by atoms with Crippen molar-refractivity contribution in [1.82, 2.24) is 9.80 Å². The number of rotatable bonds is 7. The second kappa shape index (κ2) is 10.4. The van der Waals surface area contributed by atoms with E-state index >= 15 is 0 Å². The zero-order valence-corrected chi connectivity index (χ0v) is 23.3. The maximum absolute atomic E-state index is 14.5. The third kappa shape index (κ3) is 4.06. The minimum atomic E-state index is -0.901. The number of ether oxygens (including phenoxy) is 1. The van der Waals surface area contributed by atoms with Crippen molar-refractivity contribution in [2.45, 2.75) is 49.3 Å². The molecule has 0 aliphatic carbocycles. The lowest BCUT2D eigenvalue weighted by Gasteiger charge is -2.39. The van der Waals surface area contributed by atoms with Gasteiger partial charge >= 0.3 is 0 Å². The number of benzene rings is 1. The summed E-state index contributed by atoms with van der Waals surface area (Å²) >= 11 is 1.57. The summed E-state index contributed by atoms with van der Waals surface area (Å²) in [6, 6.07) is 5.93. The van der Waals surface area contributed by atoms with Crippen molar-refractivity contribution < 1.29 is 24.2 Å². The number of hydrogen-bond acceptors (Lipinski definition) is 6. The maximum Gasteiger partial charge on any atom is 0.251 e. The molecule has 6 atom stereocenters. The summed E-state index contributed by atoms with van der Waals surface area (Å²) < 4.78 is 4.39. The van der Waals surface area contributed by atoms with E-state index in [4.69, 9.17) is 4.74 Å². The number of likely N-dealkylation sites (tertiary alicyclic amines) is 1. The van der Waals surface area contributed by atoms with Crippen LogP contribution in [-0.2, 0) is 14.4 Å². The molecule has 1 aromatic rings. The van der Waals surface area contributed by atoms with Gasteiger partial charge in [-0.1, -0.05) is 45.1 Å². The highest BCUT2D eigenvalue weighted by Gasteiger charge is 2.71. The van der Waals surface area contributed by atoms with Crippen LogP contribution in [0.15, 0.2) is 48.6 Å². The molecule has 1 unspecified atom stereocenters. The molecule has 1 aromatic carbocycles. The van der Waals surface area contributed by atoms with Gasteiger partial charge in [0.05, 0.1) is 36.3 Å². The molecule has 4 aliphatic heterocycles. The fourth-order valence-electron chi connectivity index (χ4n) is 6.57. The van der Waals surface area contributed by atoms with Gasteiger partial charge in [0, 0.05) is 30.6 Å². The number of amides is 3. The molecule has 8 nitrogen and oxygen atoms in total. The van der Waals surface area contributed by atoms with Crippen LogP contribution in [0.4, 0.5) is 5.69 Å². The average molecular weight is 540 g/mol. The molecule has 2 fully saturated rings. The van der Waals surface area contributed by atoms with Crippen molar-refractivity contribution >= 4 is 35.2 Å². The zero-order chi connectivity index (χ0) is 27.2. The largest absolute Gasteiger partial charge is 0.497 e. The lowest BCUT2D eigenvalue weighted by atomic mass is 9.78. The van der Waals surface area contributed by atoms with E-state index in [1.807, 2.05) is 68.2 Å². The maximum atomic E-state index is 14.5. The summed E-state index contributed by atoms with van der Waals surface area (Å²) in [6.07, 6.45) is 8.89. The Morgan fingerprint density at radius 1 is 1.08 bits per heavy atom.